The van der Waals surface area contributed by atoms with Crippen LogP contribution in [0.15, 0.2) is 24.3 Å². The minimum Gasteiger partial charge on any atom is -0.399 e. The summed E-state index contributed by atoms with van der Waals surface area (Å²) in [5.74, 6) is 0.256. The van der Waals surface area contributed by atoms with Crippen molar-refractivity contribution in [3.05, 3.63) is 24.3 Å². The van der Waals surface area contributed by atoms with Crippen LogP contribution in [0.25, 0.3) is 0 Å². The Balaban J connectivity index is 1.73. The fraction of sp³-hybridized carbons (Fsp3) is 0.500. The molecule has 3 N–H and O–H groups in total. The van der Waals surface area contributed by atoms with Crippen LogP contribution in [0.1, 0.15) is 25.7 Å². The van der Waals surface area contributed by atoms with Crippen molar-refractivity contribution in [1.82, 2.24) is 4.90 Å². The predicted molar refractivity (Wildman–Crippen MR) is 74.4 cm³/mol. The van der Waals surface area contributed by atoms with E-state index in [2.05, 4.69) is 5.32 Å². The van der Waals surface area contributed by atoms with Crippen molar-refractivity contribution < 1.29 is 4.79 Å². The Morgan fingerprint density at radius 1 is 1.28 bits per heavy atom. The molecule has 0 aliphatic carbocycles. The van der Waals surface area contributed by atoms with Crippen LogP contribution < -0.4 is 11.1 Å². The van der Waals surface area contributed by atoms with Crippen molar-refractivity contribution in [2.24, 2.45) is 0 Å². The molecule has 0 unspecified atom stereocenters. The normalized spacial score (nSPS) is 15.4. The number of hydrogen-bond acceptors (Lipinski definition) is 3. The summed E-state index contributed by atoms with van der Waals surface area (Å²) in [6, 6.07) is 7.60. The zero-order chi connectivity index (χ0) is 12.8. The Labute approximate surface area is 108 Å². The highest BCUT2D eigenvalue weighted by molar-refractivity contribution is 5.76. The minimum atomic E-state index is 0.256. The number of nitrogens with zero attached hydrogens (tertiary/aromatic N) is 1. The van der Waals surface area contributed by atoms with Crippen molar-refractivity contribution in [1.29, 1.82) is 0 Å². The number of anilines is 2. The van der Waals surface area contributed by atoms with Gasteiger partial charge in [0.1, 0.15) is 0 Å². The summed E-state index contributed by atoms with van der Waals surface area (Å²) in [7, 11) is 0. The molecule has 2 rings (SSSR count). The summed E-state index contributed by atoms with van der Waals surface area (Å²) in [4.78, 5) is 13.9. The SMILES string of the molecule is Nc1cccc(NCCC(=O)N2CCCCC2)c1. The summed E-state index contributed by atoms with van der Waals surface area (Å²) in [5, 5.41) is 3.23. The van der Waals surface area contributed by atoms with Gasteiger partial charge in [-0.25, -0.2) is 0 Å². The van der Waals surface area contributed by atoms with Crippen molar-refractivity contribution in [2.45, 2.75) is 25.7 Å². The molecule has 0 atom stereocenters. The lowest BCUT2D eigenvalue weighted by Gasteiger charge is -2.26. The zero-order valence-corrected chi connectivity index (χ0v) is 10.7. The molecule has 0 bridgehead atoms. The van der Waals surface area contributed by atoms with Crippen molar-refractivity contribution >= 4 is 17.3 Å². The molecule has 4 heteroatoms. The highest BCUT2D eigenvalue weighted by Gasteiger charge is 2.15. The summed E-state index contributed by atoms with van der Waals surface area (Å²) in [6.07, 6.45) is 4.10. The zero-order valence-electron chi connectivity index (χ0n) is 10.7. The first-order valence-corrected chi connectivity index (χ1v) is 6.63. The molecule has 1 amide bonds. The molecule has 1 aliphatic rings. The van der Waals surface area contributed by atoms with Gasteiger partial charge in [-0.3, -0.25) is 4.79 Å². The number of nitrogens with two attached hydrogens (primary N) is 1. The van der Waals surface area contributed by atoms with Gasteiger partial charge in [0.15, 0.2) is 0 Å². The van der Waals surface area contributed by atoms with E-state index in [1.54, 1.807) is 0 Å². The maximum atomic E-state index is 11.9. The molecule has 0 radical (unpaired) electrons. The van der Waals surface area contributed by atoms with Gasteiger partial charge in [0.25, 0.3) is 0 Å². The molecule has 1 aromatic carbocycles. The second-order valence-electron chi connectivity index (χ2n) is 4.74. The summed E-state index contributed by atoms with van der Waals surface area (Å²) in [5.41, 5.74) is 7.40. The second kappa shape index (κ2) is 6.28. The number of likely N-dealkylation sites (tertiary alicyclic amines) is 1. The molecule has 0 spiro atoms. The van der Waals surface area contributed by atoms with E-state index < -0.39 is 0 Å². The number of benzene rings is 1. The molecule has 1 saturated heterocycles. The van der Waals surface area contributed by atoms with Gasteiger partial charge in [0.05, 0.1) is 0 Å². The number of carbonyl (C=O) groups excluding carboxylic acids is 1. The number of nitrogens with one attached hydrogen (secondary N) is 1. The van der Waals surface area contributed by atoms with Crippen molar-refractivity contribution in [3.8, 4) is 0 Å². The Morgan fingerprint density at radius 2 is 2.06 bits per heavy atom. The van der Waals surface area contributed by atoms with Gasteiger partial charge in [-0.1, -0.05) is 6.07 Å². The first-order valence-electron chi connectivity index (χ1n) is 6.63. The van der Waals surface area contributed by atoms with Gasteiger partial charge in [-0.05, 0) is 37.5 Å². The van der Waals surface area contributed by atoms with Gasteiger partial charge in [-0.2, -0.15) is 0 Å². The largest absolute Gasteiger partial charge is 0.399 e. The third-order valence-corrected chi connectivity index (χ3v) is 3.26. The molecule has 0 saturated carbocycles. The van der Waals surface area contributed by atoms with Crippen LogP contribution in [0.3, 0.4) is 0 Å². The fourth-order valence-corrected chi connectivity index (χ4v) is 2.26. The fourth-order valence-electron chi connectivity index (χ4n) is 2.26. The number of nitrogen functional groups attached to an aromatic ring is 1. The lowest BCUT2D eigenvalue weighted by molar-refractivity contribution is -0.131. The van der Waals surface area contributed by atoms with Crippen LogP contribution in [-0.2, 0) is 4.79 Å². The van der Waals surface area contributed by atoms with Crippen molar-refractivity contribution in [3.63, 3.8) is 0 Å². The number of carbonyl (C=O) groups is 1. The molecule has 0 aromatic heterocycles. The molecule has 1 heterocycles. The standard InChI is InChI=1S/C14H21N3O/c15-12-5-4-6-13(11-12)16-8-7-14(18)17-9-2-1-3-10-17/h4-6,11,16H,1-3,7-10,15H2. The van der Waals surface area contributed by atoms with Crippen LogP contribution in [0.5, 0.6) is 0 Å². The van der Waals surface area contributed by atoms with Crippen LogP contribution in [0, 0.1) is 0 Å². The van der Waals surface area contributed by atoms with E-state index in [-0.39, 0.29) is 5.91 Å². The molecule has 1 fully saturated rings. The molecule has 1 aromatic rings. The topological polar surface area (TPSA) is 58.4 Å². The van der Waals surface area contributed by atoms with E-state index in [0.717, 1.165) is 37.3 Å². The van der Waals surface area contributed by atoms with E-state index in [9.17, 15) is 4.79 Å². The van der Waals surface area contributed by atoms with Crippen LogP contribution in [-0.4, -0.2) is 30.4 Å². The first-order chi connectivity index (χ1) is 8.75. The molecular weight excluding hydrogens is 226 g/mol. The predicted octanol–water partition coefficient (Wildman–Crippen LogP) is 2.08. The highest BCUT2D eigenvalue weighted by Crippen LogP contribution is 2.13. The Kier molecular flexibility index (Phi) is 4.45. The third kappa shape index (κ3) is 3.65. The first kappa shape index (κ1) is 12.7. The quantitative estimate of drug-likeness (QED) is 0.801. The van der Waals surface area contributed by atoms with E-state index in [0.29, 0.717) is 13.0 Å². The summed E-state index contributed by atoms with van der Waals surface area (Å²) in [6.45, 7) is 2.52. The van der Waals surface area contributed by atoms with Gasteiger partial charge < -0.3 is 16.0 Å². The van der Waals surface area contributed by atoms with Gasteiger partial charge >= 0.3 is 0 Å². The Bertz CT molecular complexity index is 400. The lowest BCUT2D eigenvalue weighted by atomic mass is 10.1. The summed E-state index contributed by atoms with van der Waals surface area (Å²) < 4.78 is 0. The monoisotopic (exact) mass is 247 g/mol. The number of piperidine rings is 1. The van der Waals surface area contributed by atoms with Crippen LogP contribution >= 0.6 is 0 Å². The van der Waals surface area contributed by atoms with E-state index in [1.165, 1.54) is 6.42 Å². The molecule has 4 nitrogen and oxygen atoms in total. The summed E-state index contributed by atoms with van der Waals surface area (Å²) >= 11 is 0. The average Bonchev–Trinajstić information content (AvgIpc) is 2.40. The molecule has 98 valence electrons. The Morgan fingerprint density at radius 3 is 2.78 bits per heavy atom. The van der Waals surface area contributed by atoms with Crippen molar-refractivity contribution in [2.75, 3.05) is 30.7 Å². The molecule has 1 aliphatic heterocycles. The van der Waals surface area contributed by atoms with Crippen LogP contribution in [0.4, 0.5) is 11.4 Å². The minimum absolute atomic E-state index is 0.256. The maximum Gasteiger partial charge on any atom is 0.224 e. The molecular formula is C14H21N3O. The van der Waals surface area contributed by atoms with E-state index in [1.807, 2.05) is 29.2 Å². The maximum absolute atomic E-state index is 11.9. The number of rotatable bonds is 4. The molecule has 18 heavy (non-hydrogen) atoms. The smallest absolute Gasteiger partial charge is 0.224 e. The highest BCUT2D eigenvalue weighted by atomic mass is 16.2. The van der Waals surface area contributed by atoms with E-state index in [4.69, 9.17) is 5.73 Å². The Hall–Kier alpha value is -1.71. The van der Waals surface area contributed by atoms with Gasteiger partial charge in [-0.15, -0.1) is 0 Å². The lowest BCUT2D eigenvalue weighted by Crippen LogP contribution is -2.36. The van der Waals surface area contributed by atoms with Gasteiger partial charge in [0, 0.05) is 37.4 Å². The number of amides is 1. The van der Waals surface area contributed by atoms with Crippen LogP contribution in [0.2, 0.25) is 0 Å². The van der Waals surface area contributed by atoms with E-state index >= 15 is 0 Å². The average molecular weight is 247 g/mol. The van der Waals surface area contributed by atoms with Gasteiger partial charge in [0.2, 0.25) is 5.91 Å². The number of hydrogen-bond donors (Lipinski definition) is 2. The third-order valence-electron chi connectivity index (χ3n) is 3.26. The second-order valence-corrected chi connectivity index (χ2v) is 4.74.